The summed E-state index contributed by atoms with van der Waals surface area (Å²) in [5.41, 5.74) is 0. The summed E-state index contributed by atoms with van der Waals surface area (Å²) in [5, 5.41) is 39.4. The average molecular weight is 563 g/mol. The molecule has 39 heavy (non-hydrogen) atoms. The largest absolute Gasteiger partial charge is 0.462 e. The van der Waals surface area contributed by atoms with E-state index in [1.165, 1.54) is 0 Å². The van der Waals surface area contributed by atoms with E-state index >= 15 is 0 Å². The van der Waals surface area contributed by atoms with Crippen molar-refractivity contribution in [2.45, 2.75) is 127 Å². The Morgan fingerprint density at radius 2 is 1.26 bits per heavy atom. The molecule has 1 rings (SSSR count). The third kappa shape index (κ3) is 15.4. The Labute approximate surface area is 229 Å². The van der Waals surface area contributed by atoms with Crippen LogP contribution in [0, 0.1) is 0 Å². The molecule has 1 unspecified atom stereocenters. The zero-order valence-corrected chi connectivity index (χ0v) is 22.7. The minimum absolute atomic E-state index is 0.141. The van der Waals surface area contributed by atoms with Crippen LogP contribution in [0.15, 0.2) is 0 Å². The van der Waals surface area contributed by atoms with E-state index in [-0.39, 0.29) is 26.1 Å². The van der Waals surface area contributed by atoms with Gasteiger partial charge in [0, 0.05) is 25.7 Å². The number of aliphatic hydroxyl groups excluding tert-OH is 4. The van der Waals surface area contributed by atoms with Gasteiger partial charge in [-0.15, -0.1) is 0 Å². The summed E-state index contributed by atoms with van der Waals surface area (Å²) >= 11 is 0. The van der Waals surface area contributed by atoms with Crippen molar-refractivity contribution in [3.63, 3.8) is 0 Å². The molecular weight excluding hydrogens is 516 g/mol. The lowest BCUT2D eigenvalue weighted by atomic mass is 9.99. The summed E-state index contributed by atoms with van der Waals surface area (Å²) < 4.78 is 21.5. The number of unbranched alkanes of at least 4 members (excludes halogenated alkanes) is 10. The first-order chi connectivity index (χ1) is 18.8. The highest BCUT2D eigenvalue weighted by atomic mass is 16.7. The number of esters is 2. The maximum atomic E-state index is 12.4. The van der Waals surface area contributed by atoms with Gasteiger partial charge in [0.15, 0.2) is 12.4 Å². The summed E-state index contributed by atoms with van der Waals surface area (Å²) in [4.78, 5) is 45.3. The average Bonchev–Trinajstić information content (AvgIpc) is 2.93. The number of hydrogen-bond acceptors (Lipinski definition) is 12. The molecule has 0 bridgehead atoms. The van der Waals surface area contributed by atoms with Crippen molar-refractivity contribution in [2.24, 2.45) is 0 Å². The van der Waals surface area contributed by atoms with Crippen LogP contribution in [0.4, 0.5) is 0 Å². The second-order valence-corrected chi connectivity index (χ2v) is 9.77. The Morgan fingerprint density at radius 3 is 1.82 bits per heavy atom. The Balaban J connectivity index is 2.53. The van der Waals surface area contributed by atoms with Crippen LogP contribution >= 0.6 is 0 Å². The van der Waals surface area contributed by atoms with Crippen molar-refractivity contribution >= 4 is 24.5 Å². The fourth-order valence-corrected chi connectivity index (χ4v) is 4.08. The highest BCUT2D eigenvalue weighted by molar-refractivity contribution is 5.70. The van der Waals surface area contributed by atoms with Gasteiger partial charge in [-0.1, -0.05) is 38.5 Å². The number of carbonyl (C=O) groups is 4. The number of carbonyl (C=O) groups excluding carboxylic acids is 4. The van der Waals surface area contributed by atoms with Gasteiger partial charge in [-0.3, -0.25) is 9.59 Å². The van der Waals surface area contributed by atoms with Crippen molar-refractivity contribution in [1.82, 2.24) is 0 Å². The molecule has 1 fully saturated rings. The normalized spacial score (nSPS) is 23.6. The molecule has 0 aliphatic carbocycles. The van der Waals surface area contributed by atoms with Crippen LogP contribution in [-0.4, -0.2) is 102 Å². The molecule has 1 aliphatic rings. The van der Waals surface area contributed by atoms with Gasteiger partial charge < -0.3 is 49.0 Å². The molecule has 0 radical (unpaired) electrons. The third-order valence-electron chi connectivity index (χ3n) is 6.43. The van der Waals surface area contributed by atoms with Gasteiger partial charge in [0.2, 0.25) is 0 Å². The molecule has 0 saturated carbocycles. The van der Waals surface area contributed by atoms with Gasteiger partial charge in [0.25, 0.3) is 0 Å². The Bertz CT molecular complexity index is 686. The molecular formula is C27H46O12. The molecule has 4 N–H and O–H groups in total. The predicted octanol–water partition coefficient (Wildman–Crippen LogP) is 1.12. The lowest BCUT2D eigenvalue weighted by molar-refractivity contribution is -0.305. The predicted molar refractivity (Wildman–Crippen MR) is 137 cm³/mol. The topological polar surface area (TPSA) is 186 Å². The number of aliphatic hydroxyl groups is 4. The van der Waals surface area contributed by atoms with Gasteiger partial charge in [-0.05, 0) is 25.7 Å². The van der Waals surface area contributed by atoms with Crippen LogP contribution in [0.3, 0.4) is 0 Å². The first-order valence-corrected chi connectivity index (χ1v) is 14.0. The first-order valence-electron chi connectivity index (χ1n) is 14.0. The van der Waals surface area contributed by atoms with Gasteiger partial charge >= 0.3 is 11.9 Å². The molecule has 1 aliphatic heterocycles. The van der Waals surface area contributed by atoms with Crippen molar-refractivity contribution < 1.29 is 58.6 Å². The summed E-state index contributed by atoms with van der Waals surface area (Å²) in [6, 6.07) is 0. The molecule has 0 spiro atoms. The third-order valence-corrected chi connectivity index (χ3v) is 6.43. The molecule has 0 aromatic heterocycles. The van der Waals surface area contributed by atoms with E-state index < -0.39 is 55.4 Å². The standard InChI is InChI=1S/C27H46O12/c28-15-11-7-3-1-5-9-13-22(31)36-18-20(38-23(32)14-10-6-2-4-8-12-16-29)19-37-27-26(35)25(34)24(33)21(17-30)39-27/h15-16,20-21,24-27,30,33-35H,1-14,17-19H2/t20?,21-,24+,25+,26-,27-/m1/s1. The van der Waals surface area contributed by atoms with Crippen LogP contribution in [0.5, 0.6) is 0 Å². The number of ether oxygens (including phenoxy) is 4. The van der Waals surface area contributed by atoms with E-state index in [0.717, 1.165) is 63.9 Å². The molecule has 1 heterocycles. The quantitative estimate of drug-likeness (QED) is 0.0791. The Morgan fingerprint density at radius 1 is 0.718 bits per heavy atom. The van der Waals surface area contributed by atoms with E-state index in [4.69, 9.17) is 18.9 Å². The molecule has 0 aromatic carbocycles. The Hall–Kier alpha value is -1.96. The van der Waals surface area contributed by atoms with Crippen molar-refractivity contribution in [2.75, 3.05) is 19.8 Å². The van der Waals surface area contributed by atoms with E-state index in [9.17, 15) is 39.6 Å². The van der Waals surface area contributed by atoms with Gasteiger partial charge in [-0.25, -0.2) is 0 Å². The van der Waals surface area contributed by atoms with E-state index in [1.807, 2.05) is 0 Å². The summed E-state index contributed by atoms with van der Waals surface area (Å²) in [7, 11) is 0. The fourth-order valence-electron chi connectivity index (χ4n) is 4.08. The van der Waals surface area contributed by atoms with E-state index in [0.29, 0.717) is 25.7 Å². The van der Waals surface area contributed by atoms with Gasteiger partial charge in [0.05, 0.1) is 13.2 Å². The zero-order chi connectivity index (χ0) is 28.9. The highest BCUT2D eigenvalue weighted by Crippen LogP contribution is 2.22. The summed E-state index contributed by atoms with van der Waals surface area (Å²) in [6.45, 7) is -1.23. The molecule has 226 valence electrons. The maximum Gasteiger partial charge on any atom is 0.306 e. The summed E-state index contributed by atoms with van der Waals surface area (Å²) in [6.07, 6.45) is 2.90. The van der Waals surface area contributed by atoms with Crippen LogP contribution in [0.25, 0.3) is 0 Å². The highest BCUT2D eigenvalue weighted by Gasteiger charge is 2.44. The van der Waals surface area contributed by atoms with E-state index in [2.05, 4.69) is 0 Å². The molecule has 12 nitrogen and oxygen atoms in total. The minimum atomic E-state index is -1.62. The van der Waals surface area contributed by atoms with Gasteiger partial charge in [-0.2, -0.15) is 0 Å². The van der Waals surface area contributed by atoms with Crippen LogP contribution in [0.2, 0.25) is 0 Å². The zero-order valence-electron chi connectivity index (χ0n) is 22.7. The van der Waals surface area contributed by atoms with Crippen molar-refractivity contribution in [1.29, 1.82) is 0 Å². The molecule has 12 heteroatoms. The molecule has 0 aromatic rings. The molecule has 6 atom stereocenters. The SMILES string of the molecule is O=CCCCCCCCC(=O)OCC(CO[C@@H]1O[C@H](CO)[C@H](O)[C@H](O)[C@H]1O)OC(=O)CCCCCCCC=O. The van der Waals surface area contributed by atoms with Crippen molar-refractivity contribution in [3.8, 4) is 0 Å². The fraction of sp³-hybridized carbons (Fsp3) is 0.852. The maximum absolute atomic E-state index is 12.4. The molecule has 1 saturated heterocycles. The van der Waals surface area contributed by atoms with Crippen LogP contribution in [0.1, 0.15) is 89.9 Å². The second-order valence-electron chi connectivity index (χ2n) is 9.77. The second kappa shape index (κ2) is 21.8. The first kappa shape index (κ1) is 35.1. The monoisotopic (exact) mass is 562 g/mol. The van der Waals surface area contributed by atoms with Crippen LogP contribution < -0.4 is 0 Å². The van der Waals surface area contributed by atoms with Crippen LogP contribution in [-0.2, 0) is 38.1 Å². The smallest absolute Gasteiger partial charge is 0.306 e. The summed E-state index contributed by atoms with van der Waals surface area (Å²) in [5.74, 6) is -0.983. The lowest BCUT2D eigenvalue weighted by Crippen LogP contribution is -2.59. The number of hydrogen-bond donors (Lipinski definition) is 4. The molecule has 0 amide bonds. The lowest BCUT2D eigenvalue weighted by Gasteiger charge is -2.39. The Kier molecular flexibility index (Phi) is 19.6. The van der Waals surface area contributed by atoms with Gasteiger partial charge in [0.1, 0.15) is 43.6 Å². The van der Waals surface area contributed by atoms with E-state index in [1.54, 1.807) is 0 Å². The minimum Gasteiger partial charge on any atom is -0.462 e. The van der Waals surface area contributed by atoms with Crippen molar-refractivity contribution in [3.05, 3.63) is 0 Å². The number of rotatable bonds is 23. The number of aldehydes is 2.